The molecule has 0 bridgehead atoms. The molecule has 0 fully saturated rings. The number of nitrogens with zero attached hydrogens (tertiary/aromatic N) is 4. The molecule has 2 aliphatic rings. The molecule has 0 N–H and O–H groups in total. The topological polar surface area (TPSA) is 62.5 Å². The number of aromatic nitrogens is 3. The predicted molar refractivity (Wildman–Crippen MR) is 190 cm³/mol. The number of nitriles is 1. The normalized spacial score (nSPS) is 14.4. The first-order valence-corrected chi connectivity index (χ1v) is 16.3. The van der Waals surface area contributed by atoms with E-state index in [9.17, 15) is 5.26 Å². The molecule has 0 saturated carbocycles. The molecule has 0 saturated heterocycles. The first-order chi connectivity index (χ1) is 23.5. The Morgan fingerprint density at radius 3 is 1.58 bits per heavy atom. The van der Waals surface area contributed by atoms with Crippen LogP contribution in [-0.2, 0) is 10.8 Å². The molecule has 0 atom stereocenters. The minimum atomic E-state index is -0.510. The molecular weight excluding hydrogens is 585 g/mol. The van der Waals surface area contributed by atoms with E-state index in [1.165, 1.54) is 44.5 Å². The van der Waals surface area contributed by atoms with Gasteiger partial charge in [0, 0.05) is 22.1 Å². The predicted octanol–water partition coefficient (Wildman–Crippen LogP) is 9.75. The number of rotatable bonds is 3. The van der Waals surface area contributed by atoms with E-state index in [1.807, 2.05) is 48.5 Å². The van der Waals surface area contributed by atoms with Crippen LogP contribution >= 0.6 is 0 Å². The number of benzene rings is 6. The minimum Gasteiger partial charge on any atom is -0.208 e. The van der Waals surface area contributed by atoms with Crippen molar-refractivity contribution in [1.82, 2.24) is 15.0 Å². The van der Waals surface area contributed by atoms with Gasteiger partial charge in [-0.15, -0.1) is 0 Å². The van der Waals surface area contributed by atoms with Gasteiger partial charge >= 0.3 is 0 Å². The Labute approximate surface area is 280 Å². The highest BCUT2D eigenvalue weighted by Gasteiger charge is 2.53. The molecule has 6 aromatic carbocycles. The molecule has 0 unspecified atom stereocenters. The maximum Gasteiger partial charge on any atom is 0.164 e. The fourth-order valence-electron chi connectivity index (χ4n) is 8.08. The molecule has 226 valence electrons. The molecule has 0 radical (unpaired) electrons. The van der Waals surface area contributed by atoms with Crippen molar-refractivity contribution in [1.29, 1.82) is 5.26 Å². The van der Waals surface area contributed by atoms with Crippen LogP contribution in [-0.4, -0.2) is 15.0 Å². The summed E-state index contributed by atoms with van der Waals surface area (Å²) in [6.07, 6.45) is 0. The van der Waals surface area contributed by atoms with E-state index >= 15 is 0 Å². The van der Waals surface area contributed by atoms with Gasteiger partial charge in [-0.2, -0.15) is 5.26 Å². The highest BCUT2D eigenvalue weighted by Crippen LogP contribution is 2.62. The van der Waals surface area contributed by atoms with Crippen LogP contribution in [0.15, 0.2) is 146 Å². The molecule has 48 heavy (non-hydrogen) atoms. The summed E-state index contributed by atoms with van der Waals surface area (Å²) in [6.45, 7) is 4.68. The Balaban J connectivity index is 1.34. The molecule has 9 rings (SSSR count). The molecule has 4 heteroatoms. The van der Waals surface area contributed by atoms with E-state index in [4.69, 9.17) is 15.0 Å². The summed E-state index contributed by atoms with van der Waals surface area (Å²) in [5.74, 6) is 1.71. The monoisotopic (exact) mass is 614 g/mol. The lowest BCUT2D eigenvalue weighted by atomic mass is 9.55. The summed E-state index contributed by atoms with van der Waals surface area (Å²) in [7, 11) is 0. The second-order valence-corrected chi connectivity index (χ2v) is 13.1. The lowest BCUT2D eigenvalue weighted by molar-refractivity contribution is 0.563. The van der Waals surface area contributed by atoms with Crippen LogP contribution in [0.25, 0.3) is 45.3 Å². The number of fused-ring (bicyclic) bond motifs is 9. The van der Waals surface area contributed by atoms with Gasteiger partial charge in [0.15, 0.2) is 17.5 Å². The van der Waals surface area contributed by atoms with Crippen molar-refractivity contribution in [3.63, 3.8) is 0 Å². The van der Waals surface area contributed by atoms with Crippen LogP contribution in [0, 0.1) is 11.3 Å². The zero-order chi connectivity index (χ0) is 32.5. The van der Waals surface area contributed by atoms with Gasteiger partial charge in [-0.05, 0) is 62.7 Å². The van der Waals surface area contributed by atoms with Gasteiger partial charge in [0.25, 0.3) is 0 Å². The standard InChI is InChI=1S/C44H30N4/c1-43(2)35-19-8-10-21-37(35)44(38-22-11-9-20-36(38)43)34-18-7-6-17-32(34)33-24-23-31(26-39(33)44)42-47-40(29-14-4-3-5-15-29)46-41(48-42)30-16-12-13-28(25-30)27-45/h3-26H,1-2H3. The Hall–Kier alpha value is -6.18. The zero-order valence-electron chi connectivity index (χ0n) is 26.6. The van der Waals surface area contributed by atoms with Crippen LogP contribution in [0.2, 0.25) is 0 Å². The van der Waals surface area contributed by atoms with Gasteiger partial charge < -0.3 is 0 Å². The van der Waals surface area contributed by atoms with Crippen molar-refractivity contribution in [2.24, 2.45) is 0 Å². The summed E-state index contributed by atoms with van der Waals surface area (Å²) in [6, 6.07) is 53.2. The van der Waals surface area contributed by atoms with Crippen LogP contribution in [0.4, 0.5) is 0 Å². The maximum atomic E-state index is 9.63. The third-order valence-electron chi connectivity index (χ3n) is 10.2. The molecule has 0 aliphatic heterocycles. The van der Waals surface area contributed by atoms with Crippen molar-refractivity contribution in [3.8, 4) is 51.4 Å². The van der Waals surface area contributed by atoms with E-state index in [1.54, 1.807) is 6.07 Å². The van der Waals surface area contributed by atoms with E-state index in [2.05, 4.69) is 111 Å². The molecule has 4 nitrogen and oxygen atoms in total. The molecule has 2 aliphatic carbocycles. The van der Waals surface area contributed by atoms with Crippen molar-refractivity contribution in [2.75, 3.05) is 0 Å². The second-order valence-electron chi connectivity index (χ2n) is 13.1. The van der Waals surface area contributed by atoms with Gasteiger partial charge in [-0.1, -0.05) is 141 Å². The smallest absolute Gasteiger partial charge is 0.164 e. The Bertz CT molecular complexity index is 2400. The minimum absolute atomic E-state index is 0.167. The van der Waals surface area contributed by atoms with E-state index < -0.39 is 5.41 Å². The summed E-state index contributed by atoms with van der Waals surface area (Å²) >= 11 is 0. The van der Waals surface area contributed by atoms with Gasteiger partial charge in [0.2, 0.25) is 0 Å². The van der Waals surface area contributed by atoms with Crippen LogP contribution < -0.4 is 0 Å². The highest BCUT2D eigenvalue weighted by molar-refractivity contribution is 5.90. The van der Waals surface area contributed by atoms with E-state index in [0.717, 1.165) is 16.7 Å². The van der Waals surface area contributed by atoms with Gasteiger partial charge in [0.05, 0.1) is 17.0 Å². The Morgan fingerprint density at radius 1 is 0.438 bits per heavy atom. The fourth-order valence-corrected chi connectivity index (χ4v) is 8.08. The first-order valence-electron chi connectivity index (χ1n) is 16.3. The molecular formula is C44H30N4. The zero-order valence-corrected chi connectivity index (χ0v) is 26.6. The van der Waals surface area contributed by atoms with Crippen LogP contribution in [0.1, 0.15) is 52.8 Å². The van der Waals surface area contributed by atoms with Crippen molar-refractivity contribution >= 4 is 0 Å². The third-order valence-corrected chi connectivity index (χ3v) is 10.2. The van der Waals surface area contributed by atoms with Crippen molar-refractivity contribution in [3.05, 3.63) is 185 Å². The first kappa shape index (κ1) is 28.1. The largest absolute Gasteiger partial charge is 0.208 e. The average Bonchev–Trinajstić information content (AvgIpc) is 3.44. The van der Waals surface area contributed by atoms with E-state index in [-0.39, 0.29) is 5.41 Å². The summed E-state index contributed by atoms with van der Waals surface area (Å²) in [5, 5.41) is 9.63. The maximum absolute atomic E-state index is 9.63. The lowest BCUT2D eigenvalue weighted by Gasteiger charge is -2.46. The van der Waals surface area contributed by atoms with E-state index in [0.29, 0.717) is 23.0 Å². The highest BCUT2D eigenvalue weighted by atomic mass is 15.0. The van der Waals surface area contributed by atoms with Crippen LogP contribution in [0.3, 0.4) is 0 Å². The fraction of sp³-hybridized carbons (Fsp3) is 0.0909. The lowest BCUT2D eigenvalue weighted by Crippen LogP contribution is -2.40. The Morgan fingerprint density at radius 2 is 0.938 bits per heavy atom. The third kappa shape index (κ3) is 3.91. The summed E-state index contributed by atoms with van der Waals surface area (Å²) in [5.41, 5.74) is 12.8. The quantitative estimate of drug-likeness (QED) is 0.199. The molecule has 1 heterocycles. The number of hydrogen-bond donors (Lipinski definition) is 0. The van der Waals surface area contributed by atoms with Crippen LogP contribution in [0.5, 0.6) is 0 Å². The SMILES string of the molecule is CC1(C)c2ccccc2C2(c3ccccc3-c3ccc(-c4nc(-c5ccccc5)nc(-c5cccc(C#N)c5)n4)cc32)c2ccccc21. The molecule has 0 amide bonds. The summed E-state index contributed by atoms with van der Waals surface area (Å²) < 4.78 is 0. The van der Waals surface area contributed by atoms with Gasteiger partial charge in [-0.25, -0.2) is 15.0 Å². The Kier molecular flexibility index (Phi) is 6.09. The molecule has 1 aromatic heterocycles. The van der Waals surface area contributed by atoms with Crippen molar-refractivity contribution < 1.29 is 0 Å². The summed E-state index contributed by atoms with van der Waals surface area (Å²) in [4.78, 5) is 15.0. The molecule has 7 aromatic rings. The number of hydrogen-bond acceptors (Lipinski definition) is 4. The van der Waals surface area contributed by atoms with Crippen molar-refractivity contribution in [2.45, 2.75) is 24.7 Å². The van der Waals surface area contributed by atoms with Gasteiger partial charge in [0.1, 0.15) is 0 Å². The average molecular weight is 615 g/mol. The van der Waals surface area contributed by atoms with Gasteiger partial charge in [-0.3, -0.25) is 0 Å². The second kappa shape index (κ2) is 10.4. The molecule has 1 spiro atoms.